The number of carbonyl (C=O) groups excluding carboxylic acids is 2. The fourth-order valence-electron chi connectivity index (χ4n) is 2.62. The predicted octanol–water partition coefficient (Wildman–Crippen LogP) is 1.59. The molecular weight excluding hydrogens is 326 g/mol. The minimum absolute atomic E-state index is 0.0155. The molecule has 1 fully saturated rings. The highest BCUT2D eigenvalue weighted by molar-refractivity contribution is 5.89. The van der Waals surface area contributed by atoms with Crippen molar-refractivity contribution in [3.8, 4) is 11.5 Å². The van der Waals surface area contributed by atoms with Gasteiger partial charge in [0.1, 0.15) is 0 Å². The van der Waals surface area contributed by atoms with E-state index >= 15 is 0 Å². The minimum atomic E-state index is -0.616. The lowest BCUT2D eigenvalue weighted by molar-refractivity contribution is -0.154. The molecule has 7 nitrogen and oxygen atoms in total. The third-order valence-corrected chi connectivity index (χ3v) is 3.73. The maximum absolute atomic E-state index is 12.1. The van der Waals surface area contributed by atoms with Crippen molar-refractivity contribution in [3.05, 3.63) is 29.8 Å². The Kier molecular flexibility index (Phi) is 6.41. The molecule has 0 unspecified atom stereocenters. The Morgan fingerprint density at radius 1 is 1.32 bits per heavy atom. The first-order valence-electron chi connectivity index (χ1n) is 8.04. The van der Waals surface area contributed by atoms with Gasteiger partial charge in [-0.1, -0.05) is 6.07 Å². The average Bonchev–Trinajstić information content (AvgIpc) is 2.58. The van der Waals surface area contributed by atoms with E-state index in [1.54, 1.807) is 17.0 Å². The van der Waals surface area contributed by atoms with Crippen molar-refractivity contribution >= 4 is 18.0 Å². The first-order chi connectivity index (χ1) is 11.9. The van der Waals surface area contributed by atoms with Crippen LogP contribution >= 0.6 is 0 Å². The summed E-state index contributed by atoms with van der Waals surface area (Å²) in [5, 5.41) is 9.53. The van der Waals surface area contributed by atoms with E-state index in [-0.39, 0.29) is 30.5 Å². The van der Waals surface area contributed by atoms with E-state index in [9.17, 15) is 14.7 Å². The number of aromatic hydroxyl groups is 1. The van der Waals surface area contributed by atoms with E-state index in [2.05, 4.69) is 0 Å². The van der Waals surface area contributed by atoms with Crippen LogP contribution in [0.5, 0.6) is 11.5 Å². The summed E-state index contributed by atoms with van der Waals surface area (Å²) in [6.07, 6.45) is 2.68. The van der Waals surface area contributed by atoms with Gasteiger partial charge in [-0.05, 0) is 37.6 Å². The predicted molar refractivity (Wildman–Crippen MR) is 91.2 cm³/mol. The molecule has 1 amide bonds. The maximum atomic E-state index is 12.1. The van der Waals surface area contributed by atoms with Gasteiger partial charge in [-0.15, -0.1) is 0 Å². The molecule has 2 atom stereocenters. The largest absolute Gasteiger partial charge is 0.504 e. The van der Waals surface area contributed by atoms with Gasteiger partial charge in [-0.3, -0.25) is 4.79 Å². The van der Waals surface area contributed by atoms with Gasteiger partial charge in [0.15, 0.2) is 18.1 Å². The third-order valence-electron chi connectivity index (χ3n) is 3.73. The number of phenols is 1. The number of ether oxygens (including phenoxy) is 3. The number of amides is 1. The highest BCUT2D eigenvalue weighted by Gasteiger charge is 2.26. The molecule has 2 rings (SSSR count). The SMILES string of the molecule is COc1cc(/C=C/C(=O)OCC(=O)N2C[C@@H](C)O[C@H](C)C2)ccc1O. The molecule has 1 aliphatic rings. The quantitative estimate of drug-likeness (QED) is 0.642. The number of carbonyl (C=O) groups is 2. The molecule has 0 spiro atoms. The van der Waals surface area contributed by atoms with E-state index in [0.29, 0.717) is 24.4 Å². The summed E-state index contributed by atoms with van der Waals surface area (Å²) in [4.78, 5) is 25.5. The molecule has 0 aromatic heterocycles. The number of benzene rings is 1. The van der Waals surface area contributed by atoms with Crippen LogP contribution in [0.15, 0.2) is 24.3 Å². The molecule has 136 valence electrons. The normalized spacial score (nSPS) is 20.5. The Labute approximate surface area is 146 Å². The van der Waals surface area contributed by atoms with Crippen LogP contribution in [0.25, 0.3) is 6.08 Å². The maximum Gasteiger partial charge on any atom is 0.331 e. The minimum Gasteiger partial charge on any atom is -0.504 e. The van der Waals surface area contributed by atoms with Crippen LogP contribution in [0.2, 0.25) is 0 Å². The zero-order valence-electron chi connectivity index (χ0n) is 14.6. The molecule has 1 aromatic rings. The van der Waals surface area contributed by atoms with E-state index in [1.165, 1.54) is 25.3 Å². The van der Waals surface area contributed by atoms with Crippen LogP contribution in [0.1, 0.15) is 19.4 Å². The van der Waals surface area contributed by atoms with Gasteiger partial charge in [0, 0.05) is 19.2 Å². The fourth-order valence-corrected chi connectivity index (χ4v) is 2.62. The Morgan fingerprint density at radius 3 is 2.64 bits per heavy atom. The molecule has 0 aliphatic carbocycles. The van der Waals surface area contributed by atoms with Crippen LogP contribution in [0.4, 0.5) is 0 Å². The van der Waals surface area contributed by atoms with Crippen molar-refractivity contribution in [3.63, 3.8) is 0 Å². The van der Waals surface area contributed by atoms with Gasteiger partial charge in [0.25, 0.3) is 5.91 Å². The number of hydrogen-bond donors (Lipinski definition) is 1. The molecule has 7 heteroatoms. The third kappa shape index (κ3) is 5.49. The lowest BCUT2D eigenvalue weighted by Crippen LogP contribution is -2.49. The van der Waals surface area contributed by atoms with Gasteiger partial charge in [0.05, 0.1) is 19.3 Å². The Bertz CT molecular complexity index is 647. The molecule has 25 heavy (non-hydrogen) atoms. The Balaban J connectivity index is 1.85. The lowest BCUT2D eigenvalue weighted by Gasteiger charge is -2.35. The van der Waals surface area contributed by atoms with Crippen molar-refractivity contribution in [1.29, 1.82) is 0 Å². The number of morpholine rings is 1. The number of rotatable bonds is 5. The molecule has 1 heterocycles. The highest BCUT2D eigenvalue weighted by atomic mass is 16.5. The standard InChI is InChI=1S/C18H23NO6/c1-12-9-19(10-13(2)25-12)17(21)11-24-18(22)7-5-14-4-6-15(20)16(8-14)23-3/h4-8,12-13,20H,9-11H2,1-3H3/b7-5+/t12-,13-/m1/s1. The average molecular weight is 349 g/mol. The summed E-state index contributed by atoms with van der Waals surface area (Å²) in [6.45, 7) is 4.47. The molecule has 1 saturated heterocycles. The van der Waals surface area contributed by atoms with Crippen LogP contribution in [-0.4, -0.2) is 60.9 Å². The summed E-state index contributed by atoms with van der Waals surface area (Å²) >= 11 is 0. The van der Waals surface area contributed by atoms with E-state index in [1.807, 2.05) is 13.8 Å². The number of nitrogens with zero attached hydrogens (tertiary/aromatic N) is 1. The van der Waals surface area contributed by atoms with Crippen molar-refractivity contribution in [2.24, 2.45) is 0 Å². The van der Waals surface area contributed by atoms with Crippen LogP contribution in [0, 0.1) is 0 Å². The monoisotopic (exact) mass is 349 g/mol. The Morgan fingerprint density at radius 2 is 2.00 bits per heavy atom. The molecule has 1 N–H and O–H groups in total. The Hall–Kier alpha value is -2.54. The number of phenolic OH excluding ortho intramolecular Hbond substituents is 1. The van der Waals surface area contributed by atoms with E-state index < -0.39 is 5.97 Å². The van der Waals surface area contributed by atoms with Gasteiger partial charge in [-0.25, -0.2) is 4.79 Å². The first-order valence-corrected chi connectivity index (χ1v) is 8.04. The molecule has 1 aliphatic heterocycles. The summed E-state index contributed by atoms with van der Waals surface area (Å²) in [6, 6.07) is 4.68. The summed E-state index contributed by atoms with van der Waals surface area (Å²) in [5.41, 5.74) is 0.661. The van der Waals surface area contributed by atoms with Crippen molar-refractivity contribution in [1.82, 2.24) is 4.90 Å². The zero-order valence-corrected chi connectivity index (χ0v) is 14.6. The molecular formula is C18H23NO6. The van der Waals surface area contributed by atoms with Gasteiger partial charge < -0.3 is 24.2 Å². The second-order valence-corrected chi connectivity index (χ2v) is 5.93. The van der Waals surface area contributed by atoms with Crippen molar-refractivity contribution < 1.29 is 28.9 Å². The second kappa shape index (κ2) is 8.53. The van der Waals surface area contributed by atoms with Gasteiger partial charge in [-0.2, -0.15) is 0 Å². The number of hydrogen-bond acceptors (Lipinski definition) is 6. The van der Waals surface area contributed by atoms with Gasteiger partial charge in [0.2, 0.25) is 0 Å². The van der Waals surface area contributed by atoms with Crippen molar-refractivity contribution in [2.45, 2.75) is 26.1 Å². The summed E-state index contributed by atoms with van der Waals surface area (Å²) in [5.74, 6) is -0.534. The number of methoxy groups -OCH3 is 1. The highest BCUT2D eigenvalue weighted by Crippen LogP contribution is 2.26. The van der Waals surface area contributed by atoms with Crippen LogP contribution < -0.4 is 4.74 Å². The first kappa shape index (κ1) is 18.8. The molecule has 0 bridgehead atoms. The molecule has 1 aromatic carbocycles. The number of esters is 1. The summed E-state index contributed by atoms with van der Waals surface area (Å²) < 4.78 is 15.6. The smallest absolute Gasteiger partial charge is 0.331 e. The van der Waals surface area contributed by atoms with Crippen LogP contribution in [-0.2, 0) is 19.1 Å². The van der Waals surface area contributed by atoms with Crippen LogP contribution in [0.3, 0.4) is 0 Å². The van der Waals surface area contributed by atoms with Gasteiger partial charge >= 0.3 is 5.97 Å². The second-order valence-electron chi connectivity index (χ2n) is 5.93. The lowest BCUT2D eigenvalue weighted by atomic mass is 10.2. The zero-order chi connectivity index (χ0) is 18.4. The molecule has 0 saturated carbocycles. The fraction of sp³-hybridized carbons (Fsp3) is 0.444. The summed E-state index contributed by atoms with van der Waals surface area (Å²) in [7, 11) is 1.44. The topological polar surface area (TPSA) is 85.3 Å². The van der Waals surface area contributed by atoms with E-state index in [4.69, 9.17) is 14.2 Å². The van der Waals surface area contributed by atoms with Crippen molar-refractivity contribution in [2.75, 3.05) is 26.8 Å². The van der Waals surface area contributed by atoms with E-state index in [0.717, 1.165) is 0 Å². The molecule has 0 radical (unpaired) electrons.